The number of anilines is 1. The van der Waals surface area contributed by atoms with Crippen molar-refractivity contribution in [2.24, 2.45) is 0 Å². The average Bonchev–Trinajstić information content (AvgIpc) is 3.05. The molecule has 0 radical (unpaired) electrons. The molecule has 0 aliphatic carbocycles. The Morgan fingerprint density at radius 2 is 1.87 bits per heavy atom. The quantitative estimate of drug-likeness (QED) is 0.643. The van der Waals surface area contributed by atoms with Crippen LogP contribution in [0.5, 0.6) is 0 Å². The van der Waals surface area contributed by atoms with E-state index in [0.717, 1.165) is 21.6 Å². The Balaban J connectivity index is 1.59. The second kappa shape index (κ2) is 8.27. The van der Waals surface area contributed by atoms with Crippen LogP contribution in [0.25, 0.3) is 0 Å². The number of nitriles is 1. The van der Waals surface area contributed by atoms with Gasteiger partial charge in [0.05, 0.1) is 10.5 Å². The molecule has 31 heavy (non-hydrogen) atoms. The number of hydrogen-bond acceptors (Lipinski definition) is 5. The predicted octanol–water partition coefficient (Wildman–Crippen LogP) is 4.24. The van der Waals surface area contributed by atoms with Crippen LogP contribution in [0.4, 0.5) is 5.00 Å². The van der Waals surface area contributed by atoms with Gasteiger partial charge in [-0.1, -0.05) is 30.3 Å². The fourth-order valence-electron chi connectivity index (χ4n) is 3.65. The highest BCUT2D eigenvalue weighted by atomic mass is 32.2. The van der Waals surface area contributed by atoms with E-state index in [-0.39, 0.29) is 10.5 Å². The van der Waals surface area contributed by atoms with Gasteiger partial charge in [-0.2, -0.15) is 9.57 Å². The van der Waals surface area contributed by atoms with E-state index < -0.39 is 15.9 Å². The van der Waals surface area contributed by atoms with E-state index in [2.05, 4.69) is 11.4 Å². The van der Waals surface area contributed by atoms with Crippen LogP contribution in [-0.2, 0) is 23.0 Å². The SMILES string of the molecule is Cc1sc(NC(=O)c2cccc(S(=O)(=O)N3CCc4ccccc4C3)c2)c(C#N)c1C. The minimum atomic E-state index is -3.75. The molecule has 0 spiro atoms. The minimum Gasteiger partial charge on any atom is -0.312 e. The monoisotopic (exact) mass is 451 g/mol. The van der Waals surface area contributed by atoms with Crippen molar-refractivity contribution in [1.82, 2.24) is 4.31 Å². The normalized spacial score (nSPS) is 14.0. The maximum atomic E-state index is 13.2. The van der Waals surface area contributed by atoms with Gasteiger partial charge in [0, 0.05) is 23.5 Å². The van der Waals surface area contributed by atoms with Crippen molar-refractivity contribution in [3.63, 3.8) is 0 Å². The number of sulfonamides is 1. The van der Waals surface area contributed by atoms with E-state index in [4.69, 9.17) is 0 Å². The molecule has 0 unspecified atom stereocenters. The summed E-state index contributed by atoms with van der Waals surface area (Å²) in [6.07, 6.45) is 0.656. The zero-order valence-corrected chi connectivity index (χ0v) is 18.8. The number of carbonyl (C=O) groups is 1. The fourth-order valence-corrected chi connectivity index (χ4v) is 6.12. The zero-order chi connectivity index (χ0) is 22.2. The third-order valence-corrected chi connectivity index (χ3v) is 8.52. The highest BCUT2D eigenvalue weighted by Crippen LogP contribution is 2.32. The Kier molecular flexibility index (Phi) is 5.67. The Labute approximate surface area is 185 Å². The molecule has 4 rings (SSSR count). The summed E-state index contributed by atoms with van der Waals surface area (Å²) in [7, 11) is -3.75. The summed E-state index contributed by atoms with van der Waals surface area (Å²) in [5.74, 6) is -0.446. The van der Waals surface area contributed by atoms with Crippen molar-refractivity contribution in [2.45, 2.75) is 31.7 Å². The van der Waals surface area contributed by atoms with E-state index in [0.29, 0.717) is 30.1 Å². The van der Waals surface area contributed by atoms with Crippen molar-refractivity contribution in [2.75, 3.05) is 11.9 Å². The largest absolute Gasteiger partial charge is 0.312 e. The van der Waals surface area contributed by atoms with Crippen LogP contribution in [0.3, 0.4) is 0 Å². The Bertz CT molecular complexity index is 1320. The Hall–Kier alpha value is -2.99. The van der Waals surface area contributed by atoms with Gasteiger partial charge >= 0.3 is 0 Å². The number of nitrogens with one attached hydrogen (secondary N) is 1. The van der Waals surface area contributed by atoms with Gasteiger partial charge in [-0.15, -0.1) is 11.3 Å². The molecule has 0 saturated heterocycles. The van der Waals surface area contributed by atoms with Crippen molar-refractivity contribution < 1.29 is 13.2 Å². The standard InChI is InChI=1S/C23H21N3O3S2/c1-15-16(2)30-23(21(15)13-24)25-22(27)18-8-5-9-20(12-18)31(28,29)26-11-10-17-6-3-4-7-19(17)14-26/h3-9,12H,10-11,14H2,1-2H3,(H,25,27). The lowest BCUT2D eigenvalue weighted by molar-refractivity contribution is 0.102. The van der Waals surface area contributed by atoms with Gasteiger partial charge in [0.2, 0.25) is 10.0 Å². The zero-order valence-electron chi connectivity index (χ0n) is 17.2. The number of fused-ring (bicyclic) bond motifs is 1. The minimum absolute atomic E-state index is 0.0820. The highest BCUT2D eigenvalue weighted by Gasteiger charge is 2.28. The molecule has 1 aliphatic heterocycles. The van der Waals surface area contributed by atoms with E-state index in [9.17, 15) is 18.5 Å². The molecule has 6 nitrogen and oxygen atoms in total. The third kappa shape index (κ3) is 4.00. The van der Waals surface area contributed by atoms with Crippen molar-refractivity contribution >= 4 is 32.3 Å². The van der Waals surface area contributed by atoms with Crippen LogP contribution in [-0.4, -0.2) is 25.2 Å². The van der Waals surface area contributed by atoms with Gasteiger partial charge in [0.15, 0.2) is 0 Å². The predicted molar refractivity (Wildman–Crippen MR) is 121 cm³/mol. The van der Waals surface area contributed by atoms with Crippen LogP contribution in [0.1, 0.15) is 37.5 Å². The lowest BCUT2D eigenvalue weighted by atomic mass is 10.0. The Morgan fingerprint density at radius 1 is 1.13 bits per heavy atom. The number of carbonyl (C=O) groups excluding carboxylic acids is 1. The summed E-state index contributed by atoms with van der Waals surface area (Å²) < 4.78 is 27.9. The molecule has 0 bridgehead atoms. The van der Waals surface area contributed by atoms with E-state index >= 15 is 0 Å². The number of hydrogen-bond donors (Lipinski definition) is 1. The molecule has 8 heteroatoms. The van der Waals surface area contributed by atoms with Gasteiger partial charge < -0.3 is 5.32 Å². The first-order chi connectivity index (χ1) is 14.8. The van der Waals surface area contributed by atoms with Crippen LogP contribution < -0.4 is 5.32 Å². The maximum Gasteiger partial charge on any atom is 0.256 e. The average molecular weight is 452 g/mol. The first-order valence-electron chi connectivity index (χ1n) is 9.79. The van der Waals surface area contributed by atoms with Gasteiger partial charge in [0.25, 0.3) is 5.91 Å². The van der Waals surface area contributed by atoms with E-state index in [1.165, 1.54) is 27.8 Å². The number of benzene rings is 2. The lowest BCUT2D eigenvalue weighted by Crippen LogP contribution is -2.36. The summed E-state index contributed by atoms with van der Waals surface area (Å²) in [4.78, 5) is 13.8. The first kappa shape index (κ1) is 21.2. The molecular weight excluding hydrogens is 430 g/mol. The molecule has 0 fully saturated rings. The lowest BCUT2D eigenvalue weighted by Gasteiger charge is -2.28. The topological polar surface area (TPSA) is 90.3 Å². The molecular formula is C23H21N3O3S2. The summed E-state index contributed by atoms with van der Waals surface area (Å²) in [5.41, 5.74) is 3.66. The van der Waals surface area contributed by atoms with Gasteiger partial charge in [-0.05, 0) is 55.2 Å². The second-order valence-corrected chi connectivity index (χ2v) is 10.6. The molecule has 1 aliphatic rings. The first-order valence-corrected chi connectivity index (χ1v) is 12.1. The van der Waals surface area contributed by atoms with E-state index in [1.807, 2.05) is 38.1 Å². The Morgan fingerprint density at radius 3 is 2.61 bits per heavy atom. The summed E-state index contributed by atoms with van der Waals surface area (Å²) in [6, 6.07) is 16.0. The molecule has 2 heterocycles. The smallest absolute Gasteiger partial charge is 0.256 e. The molecule has 158 valence electrons. The molecule has 1 aromatic heterocycles. The number of aryl methyl sites for hydroxylation is 1. The van der Waals surface area contributed by atoms with Gasteiger partial charge in [-0.25, -0.2) is 8.42 Å². The summed E-state index contributed by atoms with van der Waals surface area (Å²) in [5, 5.41) is 12.6. The molecule has 0 saturated carbocycles. The fraction of sp³-hybridized carbons (Fsp3) is 0.217. The molecule has 1 amide bonds. The maximum absolute atomic E-state index is 13.2. The third-order valence-electron chi connectivity index (χ3n) is 5.55. The summed E-state index contributed by atoms with van der Waals surface area (Å²) in [6.45, 7) is 4.44. The second-order valence-electron chi connectivity index (χ2n) is 7.44. The number of nitrogens with zero attached hydrogens (tertiary/aromatic N) is 2. The van der Waals surface area contributed by atoms with Crippen LogP contribution >= 0.6 is 11.3 Å². The number of amides is 1. The molecule has 1 N–H and O–H groups in total. The molecule has 2 aromatic carbocycles. The highest BCUT2D eigenvalue weighted by molar-refractivity contribution is 7.89. The van der Waals surface area contributed by atoms with Crippen LogP contribution in [0.2, 0.25) is 0 Å². The van der Waals surface area contributed by atoms with Crippen molar-refractivity contribution in [1.29, 1.82) is 5.26 Å². The van der Waals surface area contributed by atoms with Crippen molar-refractivity contribution in [3.8, 4) is 6.07 Å². The van der Waals surface area contributed by atoms with Gasteiger partial charge in [0.1, 0.15) is 11.1 Å². The summed E-state index contributed by atoms with van der Waals surface area (Å²) >= 11 is 1.33. The van der Waals surface area contributed by atoms with Crippen LogP contribution in [0.15, 0.2) is 53.4 Å². The van der Waals surface area contributed by atoms with E-state index in [1.54, 1.807) is 12.1 Å². The van der Waals surface area contributed by atoms with Crippen LogP contribution in [0, 0.1) is 25.2 Å². The van der Waals surface area contributed by atoms with Crippen molar-refractivity contribution in [3.05, 3.63) is 81.2 Å². The number of thiophene rings is 1. The number of rotatable bonds is 4. The molecule has 0 atom stereocenters. The molecule has 3 aromatic rings. The van der Waals surface area contributed by atoms with Gasteiger partial charge in [-0.3, -0.25) is 4.79 Å².